The Labute approximate surface area is 124 Å². The van der Waals surface area contributed by atoms with E-state index in [1.54, 1.807) is 0 Å². The Morgan fingerprint density at radius 3 is 2.86 bits per heavy atom. The molecule has 0 aliphatic carbocycles. The molecule has 0 spiro atoms. The van der Waals surface area contributed by atoms with Gasteiger partial charge in [0.05, 0.1) is 17.4 Å². The first-order valence-electron chi connectivity index (χ1n) is 7.48. The molecule has 2 aromatic heterocycles. The van der Waals surface area contributed by atoms with Gasteiger partial charge in [0, 0.05) is 24.9 Å². The van der Waals surface area contributed by atoms with E-state index in [1.165, 1.54) is 0 Å². The van der Waals surface area contributed by atoms with Gasteiger partial charge in [0.1, 0.15) is 0 Å². The van der Waals surface area contributed by atoms with E-state index in [4.69, 9.17) is 4.52 Å². The summed E-state index contributed by atoms with van der Waals surface area (Å²) in [5, 5.41) is 4.16. The van der Waals surface area contributed by atoms with E-state index in [1.807, 2.05) is 19.3 Å². The molecule has 1 unspecified atom stereocenters. The Morgan fingerprint density at radius 2 is 2.19 bits per heavy atom. The maximum Gasteiger partial charge on any atom is 0.229 e. The summed E-state index contributed by atoms with van der Waals surface area (Å²) in [5.41, 5.74) is 1.93. The van der Waals surface area contributed by atoms with E-state index < -0.39 is 0 Å². The Morgan fingerprint density at radius 1 is 1.33 bits per heavy atom. The van der Waals surface area contributed by atoms with Gasteiger partial charge in [0.25, 0.3) is 0 Å². The molecule has 21 heavy (non-hydrogen) atoms. The van der Waals surface area contributed by atoms with Crippen molar-refractivity contribution in [3.63, 3.8) is 0 Å². The van der Waals surface area contributed by atoms with Gasteiger partial charge in [0.2, 0.25) is 5.89 Å². The van der Waals surface area contributed by atoms with Crippen LogP contribution in [0.3, 0.4) is 0 Å². The molecule has 1 aliphatic rings. The van der Waals surface area contributed by atoms with Crippen molar-refractivity contribution in [2.24, 2.45) is 0 Å². The summed E-state index contributed by atoms with van der Waals surface area (Å²) in [6.07, 6.45) is 5.87. The third-order valence-corrected chi connectivity index (χ3v) is 3.81. The largest absolute Gasteiger partial charge is 0.339 e. The molecule has 0 bridgehead atoms. The number of hydrogen-bond donors (Lipinski definition) is 0. The molecule has 1 fully saturated rings. The maximum atomic E-state index is 5.34. The molecule has 0 saturated carbocycles. The molecule has 3 rings (SSSR count). The van der Waals surface area contributed by atoms with Gasteiger partial charge in [-0.15, -0.1) is 0 Å². The van der Waals surface area contributed by atoms with Crippen molar-refractivity contribution in [1.29, 1.82) is 0 Å². The number of aryl methyl sites for hydroxylation is 1. The molecule has 0 amide bonds. The third-order valence-electron chi connectivity index (χ3n) is 3.81. The van der Waals surface area contributed by atoms with E-state index in [-0.39, 0.29) is 12.0 Å². The zero-order chi connectivity index (χ0) is 14.8. The van der Waals surface area contributed by atoms with Gasteiger partial charge in [-0.1, -0.05) is 19.0 Å². The van der Waals surface area contributed by atoms with Gasteiger partial charge in [-0.25, -0.2) is 0 Å². The molecule has 0 N–H and O–H groups in total. The molecule has 6 heteroatoms. The standard InChI is InChI=1S/C15H21N5O/c1-10(2)15-18-14(19-21-15)13-5-4-6-20(13)9-12-8-16-11(3)7-17-12/h7-8,10,13H,4-6,9H2,1-3H3. The average molecular weight is 287 g/mol. The summed E-state index contributed by atoms with van der Waals surface area (Å²) >= 11 is 0. The first kappa shape index (κ1) is 14.1. The van der Waals surface area contributed by atoms with Crippen molar-refractivity contribution >= 4 is 0 Å². The summed E-state index contributed by atoms with van der Waals surface area (Å²) in [5.74, 6) is 1.78. The number of rotatable bonds is 4. The minimum atomic E-state index is 0.226. The van der Waals surface area contributed by atoms with Crippen LogP contribution in [0.4, 0.5) is 0 Å². The highest BCUT2D eigenvalue weighted by Crippen LogP contribution is 2.31. The highest BCUT2D eigenvalue weighted by molar-refractivity contribution is 5.04. The highest BCUT2D eigenvalue weighted by Gasteiger charge is 2.30. The lowest BCUT2D eigenvalue weighted by Crippen LogP contribution is -2.24. The van der Waals surface area contributed by atoms with Gasteiger partial charge in [-0.3, -0.25) is 14.9 Å². The fourth-order valence-corrected chi connectivity index (χ4v) is 2.63. The van der Waals surface area contributed by atoms with Gasteiger partial charge in [-0.2, -0.15) is 4.98 Å². The van der Waals surface area contributed by atoms with Crippen molar-refractivity contribution in [2.75, 3.05) is 6.54 Å². The highest BCUT2D eigenvalue weighted by atomic mass is 16.5. The van der Waals surface area contributed by atoms with Crippen LogP contribution in [-0.2, 0) is 6.54 Å². The molecular formula is C15H21N5O. The monoisotopic (exact) mass is 287 g/mol. The second-order valence-electron chi connectivity index (χ2n) is 5.92. The molecule has 3 heterocycles. The summed E-state index contributed by atoms with van der Waals surface area (Å²) in [6, 6.07) is 0.226. The lowest BCUT2D eigenvalue weighted by molar-refractivity contribution is 0.231. The SMILES string of the molecule is Cc1cnc(CN2CCCC2c2noc(C(C)C)n2)cn1. The van der Waals surface area contributed by atoms with Crippen molar-refractivity contribution in [1.82, 2.24) is 25.0 Å². The van der Waals surface area contributed by atoms with Gasteiger partial charge in [-0.05, 0) is 26.3 Å². The molecule has 1 atom stereocenters. The summed E-state index contributed by atoms with van der Waals surface area (Å²) in [4.78, 5) is 15.6. The lowest BCUT2D eigenvalue weighted by Gasteiger charge is -2.21. The fraction of sp³-hybridized carbons (Fsp3) is 0.600. The van der Waals surface area contributed by atoms with Crippen LogP contribution in [0.2, 0.25) is 0 Å². The van der Waals surface area contributed by atoms with E-state index >= 15 is 0 Å². The van der Waals surface area contributed by atoms with Crippen molar-refractivity contribution in [3.05, 3.63) is 35.5 Å². The second-order valence-corrected chi connectivity index (χ2v) is 5.92. The second kappa shape index (κ2) is 5.89. The van der Waals surface area contributed by atoms with Crippen LogP contribution in [0, 0.1) is 6.92 Å². The molecule has 2 aromatic rings. The van der Waals surface area contributed by atoms with Crippen LogP contribution in [0.1, 0.15) is 61.8 Å². The zero-order valence-corrected chi connectivity index (χ0v) is 12.8. The summed E-state index contributed by atoms with van der Waals surface area (Å²) < 4.78 is 5.34. The Balaban J connectivity index is 1.74. The normalized spacial score (nSPS) is 19.5. The minimum Gasteiger partial charge on any atom is -0.339 e. The average Bonchev–Trinajstić information content (AvgIpc) is 3.09. The molecule has 1 aliphatic heterocycles. The number of aromatic nitrogens is 4. The molecule has 0 radical (unpaired) electrons. The minimum absolute atomic E-state index is 0.226. The number of nitrogens with zero attached hydrogens (tertiary/aromatic N) is 5. The van der Waals surface area contributed by atoms with Gasteiger partial charge in [0.15, 0.2) is 5.82 Å². The van der Waals surface area contributed by atoms with Crippen LogP contribution in [0.5, 0.6) is 0 Å². The van der Waals surface area contributed by atoms with Gasteiger partial charge >= 0.3 is 0 Å². The van der Waals surface area contributed by atoms with Gasteiger partial charge < -0.3 is 4.52 Å². The van der Waals surface area contributed by atoms with Crippen LogP contribution in [0.15, 0.2) is 16.9 Å². The topological polar surface area (TPSA) is 67.9 Å². The number of likely N-dealkylation sites (tertiary alicyclic amines) is 1. The Kier molecular flexibility index (Phi) is 3.96. The van der Waals surface area contributed by atoms with Crippen LogP contribution >= 0.6 is 0 Å². The third kappa shape index (κ3) is 3.10. The van der Waals surface area contributed by atoms with Crippen molar-refractivity contribution in [3.8, 4) is 0 Å². The smallest absolute Gasteiger partial charge is 0.229 e. The molecular weight excluding hydrogens is 266 g/mol. The maximum absolute atomic E-state index is 5.34. The Bertz CT molecular complexity index is 592. The van der Waals surface area contributed by atoms with Crippen molar-refractivity contribution < 1.29 is 4.52 Å². The fourth-order valence-electron chi connectivity index (χ4n) is 2.63. The predicted molar refractivity (Wildman–Crippen MR) is 77.5 cm³/mol. The van der Waals surface area contributed by atoms with Crippen LogP contribution < -0.4 is 0 Å². The van der Waals surface area contributed by atoms with Crippen molar-refractivity contribution in [2.45, 2.75) is 52.1 Å². The molecule has 6 nitrogen and oxygen atoms in total. The number of hydrogen-bond acceptors (Lipinski definition) is 6. The summed E-state index contributed by atoms with van der Waals surface area (Å²) in [6.45, 7) is 7.88. The molecule has 0 aromatic carbocycles. The molecule has 112 valence electrons. The van der Waals surface area contributed by atoms with E-state index in [9.17, 15) is 0 Å². The van der Waals surface area contributed by atoms with E-state index in [0.29, 0.717) is 5.89 Å². The first-order valence-corrected chi connectivity index (χ1v) is 7.48. The first-order chi connectivity index (χ1) is 10.1. The van der Waals surface area contributed by atoms with E-state index in [0.717, 1.165) is 43.1 Å². The molecule has 1 saturated heterocycles. The van der Waals surface area contributed by atoms with Crippen LogP contribution in [-0.4, -0.2) is 31.6 Å². The van der Waals surface area contributed by atoms with E-state index in [2.05, 4.69) is 38.9 Å². The zero-order valence-electron chi connectivity index (χ0n) is 12.8. The lowest BCUT2D eigenvalue weighted by atomic mass is 10.2. The predicted octanol–water partition coefficient (Wildman–Crippen LogP) is 2.63. The Hall–Kier alpha value is -1.82. The van der Waals surface area contributed by atoms with Crippen LogP contribution in [0.25, 0.3) is 0 Å². The summed E-state index contributed by atoms with van der Waals surface area (Å²) in [7, 11) is 0. The quantitative estimate of drug-likeness (QED) is 0.861.